The third-order valence-corrected chi connectivity index (χ3v) is 5.42. The first kappa shape index (κ1) is 19.1. The van der Waals surface area contributed by atoms with Gasteiger partial charge in [-0.25, -0.2) is 9.97 Å². The smallest absolute Gasteiger partial charge is 0.369 e. The van der Waals surface area contributed by atoms with Gasteiger partial charge < -0.3 is 5.32 Å². The van der Waals surface area contributed by atoms with Gasteiger partial charge in [0.05, 0.1) is 6.54 Å². The predicted octanol–water partition coefficient (Wildman–Crippen LogP) is 3.71. The second-order valence-electron chi connectivity index (χ2n) is 7.66. The first-order chi connectivity index (χ1) is 13.5. The molecule has 0 spiro atoms. The maximum Gasteiger partial charge on any atom is 0.401 e. The molecular weight excluding hydrogens is 367 g/mol. The fourth-order valence-electron chi connectivity index (χ4n) is 4.16. The van der Waals surface area contributed by atoms with E-state index in [1.54, 1.807) is 12.4 Å². The summed E-state index contributed by atoms with van der Waals surface area (Å²) in [5, 5.41) is 3.43. The minimum atomic E-state index is -4.14. The van der Waals surface area contributed by atoms with Gasteiger partial charge in [0, 0.05) is 42.3 Å². The number of fused-ring (bicyclic) bond motifs is 1. The zero-order valence-corrected chi connectivity index (χ0v) is 15.7. The van der Waals surface area contributed by atoms with E-state index >= 15 is 0 Å². The molecule has 1 fully saturated rings. The number of pyridine rings is 1. The van der Waals surface area contributed by atoms with Crippen LogP contribution < -0.4 is 5.32 Å². The number of hydrogen-bond donors (Lipinski definition) is 1. The largest absolute Gasteiger partial charge is 0.401 e. The van der Waals surface area contributed by atoms with E-state index in [2.05, 4.69) is 10.3 Å². The summed E-state index contributed by atoms with van der Waals surface area (Å²) in [6.07, 6.45) is 3.98. The topological polar surface area (TPSA) is 53.9 Å². The zero-order chi connectivity index (χ0) is 19.6. The Kier molecular flexibility index (Phi) is 5.48. The molecule has 1 atom stereocenters. The van der Waals surface area contributed by atoms with Gasteiger partial charge in [-0.3, -0.25) is 9.88 Å². The average molecular weight is 391 g/mol. The van der Waals surface area contributed by atoms with Gasteiger partial charge in [-0.2, -0.15) is 13.2 Å². The van der Waals surface area contributed by atoms with Crippen LogP contribution in [0.5, 0.6) is 0 Å². The summed E-state index contributed by atoms with van der Waals surface area (Å²) in [5.41, 5.74) is 3.09. The van der Waals surface area contributed by atoms with E-state index in [4.69, 9.17) is 9.97 Å². The van der Waals surface area contributed by atoms with Gasteiger partial charge in [0.2, 0.25) is 0 Å². The molecule has 28 heavy (non-hydrogen) atoms. The normalized spacial score (nSPS) is 20.2. The van der Waals surface area contributed by atoms with E-state index < -0.39 is 12.7 Å². The van der Waals surface area contributed by atoms with E-state index in [0.717, 1.165) is 54.7 Å². The molecule has 2 aliphatic rings. The number of rotatable bonds is 5. The van der Waals surface area contributed by atoms with Crippen LogP contribution in [0, 0.1) is 5.92 Å². The van der Waals surface area contributed by atoms with Gasteiger partial charge in [-0.1, -0.05) is 0 Å². The number of halogens is 3. The first-order valence-corrected chi connectivity index (χ1v) is 9.81. The molecular formula is C20H24F3N5. The summed E-state index contributed by atoms with van der Waals surface area (Å²) in [6, 6.07) is 3.79. The number of nitrogens with one attached hydrogen (secondary N) is 1. The lowest BCUT2D eigenvalue weighted by Gasteiger charge is -2.33. The lowest BCUT2D eigenvalue weighted by Crippen LogP contribution is -2.43. The predicted molar refractivity (Wildman–Crippen MR) is 101 cm³/mol. The van der Waals surface area contributed by atoms with Gasteiger partial charge in [-0.15, -0.1) is 0 Å². The molecule has 0 saturated carbocycles. The van der Waals surface area contributed by atoms with Gasteiger partial charge in [0.1, 0.15) is 5.82 Å². The molecule has 2 aromatic rings. The number of hydrogen-bond acceptors (Lipinski definition) is 5. The molecule has 0 amide bonds. The Morgan fingerprint density at radius 2 is 2.07 bits per heavy atom. The summed E-state index contributed by atoms with van der Waals surface area (Å²) < 4.78 is 38.1. The van der Waals surface area contributed by atoms with Crippen LogP contribution >= 0.6 is 0 Å². The van der Waals surface area contributed by atoms with Crippen LogP contribution in [0.15, 0.2) is 24.5 Å². The lowest BCUT2D eigenvalue weighted by molar-refractivity contribution is -0.149. The van der Waals surface area contributed by atoms with Crippen LogP contribution in [0.3, 0.4) is 0 Å². The van der Waals surface area contributed by atoms with E-state index in [1.165, 1.54) is 4.90 Å². The first-order valence-electron chi connectivity index (χ1n) is 9.81. The van der Waals surface area contributed by atoms with E-state index in [0.29, 0.717) is 25.5 Å². The van der Waals surface area contributed by atoms with Crippen LogP contribution in [0.4, 0.5) is 19.0 Å². The summed E-state index contributed by atoms with van der Waals surface area (Å²) in [5.74, 6) is 1.66. The molecule has 0 radical (unpaired) electrons. The molecule has 1 saturated heterocycles. The highest BCUT2D eigenvalue weighted by Gasteiger charge is 2.33. The highest BCUT2D eigenvalue weighted by Crippen LogP contribution is 2.30. The van der Waals surface area contributed by atoms with Crippen LogP contribution in [0.2, 0.25) is 0 Å². The Bertz CT molecular complexity index is 809. The molecule has 150 valence electrons. The van der Waals surface area contributed by atoms with Crippen molar-refractivity contribution in [3.63, 3.8) is 0 Å². The average Bonchev–Trinajstić information content (AvgIpc) is 3.14. The third-order valence-electron chi connectivity index (χ3n) is 5.42. The second-order valence-corrected chi connectivity index (χ2v) is 7.66. The van der Waals surface area contributed by atoms with Crippen molar-refractivity contribution >= 4 is 5.82 Å². The monoisotopic (exact) mass is 391 g/mol. The summed E-state index contributed by atoms with van der Waals surface area (Å²) in [7, 11) is 0. The quantitative estimate of drug-likeness (QED) is 0.842. The molecule has 3 heterocycles. The molecule has 1 aliphatic heterocycles. The van der Waals surface area contributed by atoms with Crippen molar-refractivity contribution in [2.75, 3.05) is 31.5 Å². The molecule has 0 aromatic carbocycles. The fraction of sp³-hybridized carbons (Fsp3) is 0.550. The Morgan fingerprint density at radius 3 is 2.86 bits per heavy atom. The molecule has 0 bridgehead atoms. The van der Waals surface area contributed by atoms with E-state index in [1.807, 2.05) is 12.1 Å². The van der Waals surface area contributed by atoms with Crippen LogP contribution in [0.1, 0.15) is 30.5 Å². The molecule has 8 heteroatoms. The minimum Gasteiger partial charge on any atom is -0.369 e. The molecule has 2 aromatic heterocycles. The van der Waals surface area contributed by atoms with Crippen molar-refractivity contribution in [3.8, 4) is 11.4 Å². The molecule has 1 aliphatic carbocycles. The Morgan fingerprint density at radius 1 is 1.18 bits per heavy atom. The minimum absolute atomic E-state index is 0.185. The van der Waals surface area contributed by atoms with E-state index in [-0.39, 0.29) is 5.92 Å². The van der Waals surface area contributed by atoms with E-state index in [9.17, 15) is 13.2 Å². The summed E-state index contributed by atoms with van der Waals surface area (Å²) >= 11 is 0. The summed E-state index contributed by atoms with van der Waals surface area (Å²) in [4.78, 5) is 15.1. The molecule has 1 unspecified atom stereocenters. The Labute approximate surface area is 162 Å². The number of anilines is 1. The maximum atomic E-state index is 12.7. The SMILES string of the molecule is FC(F)(F)CN1CCCC(CNc2nc(-c3cccnc3)nc3c2CCC3)C1. The number of nitrogens with zero attached hydrogens (tertiary/aromatic N) is 4. The Hall–Kier alpha value is -2.22. The highest BCUT2D eigenvalue weighted by atomic mass is 19.4. The van der Waals surface area contributed by atoms with Crippen molar-refractivity contribution in [2.24, 2.45) is 5.92 Å². The maximum absolute atomic E-state index is 12.7. The van der Waals surface area contributed by atoms with Crippen LogP contribution in [0.25, 0.3) is 11.4 Å². The van der Waals surface area contributed by atoms with Gasteiger partial charge in [0.15, 0.2) is 5.82 Å². The van der Waals surface area contributed by atoms with Gasteiger partial charge in [0.25, 0.3) is 0 Å². The van der Waals surface area contributed by atoms with Crippen LogP contribution in [-0.4, -0.2) is 52.2 Å². The zero-order valence-electron chi connectivity index (χ0n) is 15.7. The second kappa shape index (κ2) is 8.03. The number of aromatic nitrogens is 3. The van der Waals surface area contributed by atoms with Crippen molar-refractivity contribution < 1.29 is 13.2 Å². The van der Waals surface area contributed by atoms with Crippen molar-refractivity contribution in [2.45, 2.75) is 38.3 Å². The number of piperidine rings is 1. The molecule has 5 nitrogen and oxygen atoms in total. The number of likely N-dealkylation sites (tertiary alicyclic amines) is 1. The van der Waals surface area contributed by atoms with Crippen molar-refractivity contribution in [1.82, 2.24) is 19.9 Å². The standard InChI is InChI=1S/C20H24F3N5/c21-20(22,23)13-28-9-3-4-14(12-28)10-25-19-16-6-1-7-17(16)26-18(27-19)15-5-2-8-24-11-15/h2,5,8,11,14H,1,3-4,6-7,9-10,12-13H2,(H,25,26,27). The Balaban J connectivity index is 1.47. The fourth-order valence-corrected chi connectivity index (χ4v) is 4.16. The number of aryl methyl sites for hydroxylation is 1. The molecule has 4 rings (SSSR count). The highest BCUT2D eigenvalue weighted by molar-refractivity contribution is 5.59. The van der Waals surface area contributed by atoms with Gasteiger partial charge >= 0.3 is 6.18 Å². The lowest BCUT2D eigenvalue weighted by atomic mass is 9.98. The van der Waals surface area contributed by atoms with Gasteiger partial charge in [-0.05, 0) is 56.7 Å². The van der Waals surface area contributed by atoms with Crippen LogP contribution in [-0.2, 0) is 12.8 Å². The summed E-state index contributed by atoms with van der Waals surface area (Å²) in [6.45, 7) is 0.793. The number of alkyl halides is 3. The molecule has 1 N–H and O–H groups in total. The van der Waals surface area contributed by atoms with Crippen molar-refractivity contribution in [1.29, 1.82) is 0 Å². The third kappa shape index (κ3) is 4.60. The van der Waals surface area contributed by atoms with Crippen molar-refractivity contribution in [3.05, 3.63) is 35.8 Å².